The standard InChI is InChI=1S/C14H13ClN2O2.C14H14N2O2/c1-14(2)7-11-12(13(18)19-14)17(8-16-11)10-5-3-9(15)4-6-10;1-14(2)8-11-12(13(17)18-14)16(9-15-11)10-6-4-3-5-7-10/h3-6,8H,7H2,1-2H3;3-7,9H,8H2,1-2H3. The Hall–Kier alpha value is -3.91. The molecule has 0 fully saturated rings. The van der Waals surface area contributed by atoms with Gasteiger partial charge in [0.15, 0.2) is 11.4 Å². The van der Waals surface area contributed by atoms with Gasteiger partial charge in [-0.2, -0.15) is 0 Å². The SMILES string of the molecule is CC1(C)Cc2ncn(-c3ccc(Cl)cc3)c2C(=O)O1.CC1(C)Cc2ncn(-c3ccccc3)c2C(=O)O1. The number of para-hydroxylation sites is 1. The lowest BCUT2D eigenvalue weighted by Crippen LogP contribution is -2.36. The van der Waals surface area contributed by atoms with Crippen molar-refractivity contribution in [2.75, 3.05) is 0 Å². The van der Waals surface area contributed by atoms with Crippen LogP contribution in [-0.4, -0.2) is 42.2 Å². The fraction of sp³-hybridized carbons (Fsp3) is 0.286. The second-order valence-corrected chi connectivity index (χ2v) is 10.7. The number of carbonyl (C=O) groups is 2. The van der Waals surface area contributed by atoms with Crippen LogP contribution in [0.15, 0.2) is 67.3 Å². The molecule has 0 N–H and O–H groups in total. The summed E-state index contributed by atoms with van der Waals surface area (Å²) >= 11 is 5.87. The molecule has 9 heteroatoms. The van der Waals surface area contributed by atoms with E-state index in [4.69, 9.17) is 21.1 Å². The van der Waals surface area contributed by atoms with Crippen molar-refractivity contribution < 1.29 is 19.1 Å². The molecule has 2 aliphatic heterocycles. The van der Waals surface area contributed by atoms with Crippen LogP contribution in [0.3, 0.4) is 0 Å². The third-order valence-corrected chi connectivity index (χ3v) is 6.39. The minimum Gasteiger partial charge on any atom is -0.455 e. The van der Waals surface area contributed by atoms with Crippen LogP contribution in [0, 0.1) is 0 Å². The van der Waals surface area contributed by atoms with Crippen molar-refractivity contribution in [3.63, 3.8) is 0 Å². The monoisotopic (exact) mass is 518 g/mol. The van der Waals surface area contributed by atoms with Crippen molar-refractivity contribution in [2.24, 2.45) is 0 Å². The maximum atomic E-state index is 12.1. The summed E-state index contributed by atoms with van der Waals surface area (Å²) in [5.41, 5.74) is 3.42. The number of halogens is 1. The lowest BCUT2D eigenvalue weighted by molar-refractivity contribution is -0.00915. The maximum absolute atomic E-state index is 12.1. The van der Waals surface area contributed by atoms with Crippen molar-refractivity contribution in [3.05, 3.63) is 95.1 Å². The number of hydrogen-bond donors (Lipinski definition) is 0. The van der Waals surface area contributed by atoms with E-state index in [0.29, 0.717) is 29.3 Å². The van der Waals surface area contributed by atoms with Crippen molar-refractivity contribution in [1.82, 2.24) is 19.1 Å². The number of rotatable bonds is 2. The van der Waals surface area contributed by atoms with Crippen molar-refractivity contribution in [1.29, 1.82) is 0 Å². The van der Waals surface area contributed by atoms with E-state index in [1.54, 1.807) is 33.9 Å². The Morgan fingerprint density at radius 1 is 0.703 bits per heavy atom. The van der Waals surface area contributed by atoms with Crippen LogP contribution in [0.5, 0.6) is 0 Å². The molecule has 0 saturated carbocycles. The highest BCUT2D eigenvalue weighted by Gasteiger charge is 2.37. The summed E-state index contributed by atoms with van der Waals surface area (Å²) in [5, 5.41) is 0.654. The summed E-state index contributed by atoms with van der Waals surface area (Å²) in [6.07, 6.45) is 4.60. The summed E-state index contributed by atoms with van der Waals surface area (Å²) in [4.78, 5) is 32.9. The van der Waals surface area contributed by atoms with E-state index >= 15 is 0 Å². The zero-order valence-electron chi connectivity index (χ0n) is 21.1. The molecule has 0 atom stereocenters. The number of imidazole rings is 2. The molecule has 0 spiro atoms. The smallest absolute Gasteiger partial charge is 0.357 e. The van der Waals surface area contributed by atoms with Crippen LogP contribution in [0.25, 0.3) is 11.4 Å². The van der Waals surface area contributed by atoms with Crippen LogP contribution in [0.2, 0.25) is 5.02 Å². The summed E-state index contributed by atoms with van der Waals surface area (Å²) in [5.74, 6) is -0.638. The minimum absolute atomic E-state index is 0.303. The van der Waals surface area contributed by atoms with Crippen LogP contribution in [0.1, 0.15) is 60.1 Å². The molecule has 37 heavy (non-hydrogen) atoms. The lowest BCUT2D eigenvalue weighted by Gasteiger charge is -2.29. The first-order valence-corrected chi connectivity index (χ1v) is 12.3. The molecule has 2 aromatic carbocycles. The largest absolute Gasteiger partial charge is 0.455 e. The molecule has 0 aliphatic carbocycles. The first kappa shape index (κ1) is 24.8. The minimum atomic E-state index is -0.497. The van der Waals surface area contributed by atoms with Crippen molar-refractivity contribution >= 4 is 23.5 Å². The zero-order chi connectivity index (χ0) is 26.4. The molecule has 4 heterocycles. The number of ether oxygens (including phenoxy) is 2. The molecule has 0 radical (unpaired) electrons. The molecule has 0 saturated heterocycles. The fourth-order valence-electron chi connectivity index (χ4n) is 4.52. The van der Waals surface area contributed by atoms with E-state index in [-0.39, 0.29) is 11.9 Å². The third kappa shape index (κ3) is 5.02. The number of nitrogens with zero attached hydrogens (tertiary/aromatic N) is 4. The highest BCUT2D eigenvalue weighted by atomic mass is 35.5. The molecule has 2 aromatic heterocycles. The van der Waals surface area contributed by atoms with Gasteiger partial charge in [-0.05, 0) is 64.1 Å². The average molecular weight is 519 g/mol. The molecule has 190 valence electrons. The number of carbonyl (C=O) groups excluding carboxylic acids is 2. The second-order valence-electron chi connectivity index (χ2n) is 10.3. The van der Waals surface area contributed by atoms with Gasteiger partial charge in [0, 0.05) is 29.2 Å². The van der Waals surface area contributed by atoms with Gasteiger partial charge in [-0.3, -0.25) is 9.13 Å². The second kappa shape index (κ2) is 9.19. The maximum Gasteiger partial charge on any atom is 0.357 e. The number of hydrogen-bond acceptors (Lipinski definition) is 6. The molecule has 8 nitrogen and oxygen atoms in total. The van der Waals surface area contributed by atoms with Gasteiger partial charge in [-0.15, -0.1) is 0 Å². The molecule has 0 bridgehead atoms. The van der Waals surface area contributed by atoms with Crippen molar-refractivity contribution in [3.8, 4) is 11.4 Å². The number of cyclic esters (lactones) is 2. The van der Waals surface area contributed by atoms with E-state index < -0.39 is 11.2 Å². The molecule has 6 rings (SSSR count). The zero-order valence-corrected chi connectivity index (χ0v) is 21.8. The predicted molar refractivity (Wildman–Crippen MR) is 139 cm³/mol. The van der Waals surface area contributed by atoms with Crippen molar-refractivity contribution in [2.45, 2.75) is 51.7 Å². The van der Waals surface area contributed by atoms with Gasteiger partial charge in [0.2, 0.25) is 0 Å². The topological polar surface area (TPSA) is 88.2 Å². The molecule has 2 aliphatic rings. The van der Waals surface area contributed by atoms with E-state index in [1.807, 2.05) is 70.2 Å². The normalized spacial score (nSPS) is 17.0. The number of aromatic nitrogens is 4. The molecular weight excluding hydrogens is 492 g/mol. The summed E-state index contributed by atoms with van der Waals surface area (Å²) in [7, 11) is 0. The Balaban J connectivity index is 0.000000152. The number of esters is 2. The first-order valence-electron chi connectivity index (χ1n) is 11.9. The summed E-state index contributed by atoms with van der Waals surface area (Å²) < 4.78 is 14.4. The van der Waals surface area contributed by atoms with Gasteiger partial charge in [-0.25, -0.2) is 19.6 Å². The predicted octanol–water partition coefficient (Wildman–Crippen LogP) is 5.38. The van der Waals surface area contributed by atoms with Gasteiger partial charge in [0.05, 0.1) is 11.4 Å². The van der Waals surface area contributed by atoms with Crippen LogP contribution >= 0.6 is 11.6 Å². The number of benzene rings is 2. The highest BCUT2D eigenvalue weighted by molar-refractivity contribution is 6.30. The average Bonchev–Trinajstić information content (AvgIpc) is 3.44. The Bertz CT molecular complexity index is 1470. The van der Waals surface area contributed by atoms with Gasteiger partial charge in [0.1, 0.15) is 23.9 Å². The van der Waals surface area contributed by atoms with Gasteiger partial charge < -0.3 is 9.47 Å². The van der Waals surface area contributed by atoms with E-state index in [9.17, 15) is 9.59 Å². The summed E-state index contributed by atoms with van der Waals surface area (Å²) in [6.45, 7) is 7.56. The molecular formula is C28H27ClN4O4. The highest BCUT2D eigenvalue weighted by Crippen LogP contribution is 2.29. The molecule has 0 unspecified atom stereocenters. The van der Waals surface area contributed by atoms with E-state index in [1.165, 1.54) is 0 Å². The fourth-order valence-corrected chi connectivity index (χ4v) is 4.65. The van der Waals surface area contributed by atoms with E-state index in [2.05, 4.69) is 9.97 Å². The Morgan fingerprint density at radius 2 is 1.14 bits per heavy atom. The Kier molecular flexibility index (Phi) is 6.15. The van der Waals surface area contributed by atoms with Crippen LogP contribution in [-0.2, 0) is 22.3 Å². The number of fused-ring (bicyclic) bond motifs is 2. The summed E-state index contributed by atoms with van der Waals surface area (Å²) in [6, 6.07) is 16.9. The Labute approximate surface area is 219 Å². The van der Waals surface area contributed by atoms with Gasteiger partial charge in [0.25, 0.3) is 0 Å². The molecule has 4 aromatic rings. The Morgan fingerprint density at radius 3 is 1.59 bits per heavy atom. The lowest BCUT2D eigenvalue weighted by atomic mass is 9.98. The third-order valence-electron chi connectivity index (χ3n) is 6.14. The van der Waals surface area contributed by atoms with Crippen LogP contribution < -0.4 is 0 Å². The quantitative estimate of drug-likeness (QED) is 0.331. The first-order chi connectivity index (χ1) is 17.5. The molecule has 0 amide bonds. The van der Waals surface area contributed by atoms with Crippen LogP contribution in [0.4, 0.5) is 0 Å². The van der Waals surface area contributed by atoms with E-state index in [0.717, 1.165) is 22.8 Å². The van der Waals surface area contributed by atoms with Gasteiger partial charge in [-0.1, -0.05) is 29.8 Å². The van der Waals surface area contributed by atoms with Gasteiger partial charge >= 0.3 is 11.9 Å².